The van der Waals surface area contributed by atoms with Crippen LogP contribution in [0.25, 0.3) is 0 Å². The monoisotopic (exact) mass is 370 g/mol. The van der Waals surface area contributed by atoms with E-state index >= 15 is 0 Å². The molecule has 1 fully saturated rings. The molecule has 22 heavy (non-hydrogen) atoms. The van der Waals surface area contributed by atoms with Crippen LogP contribution in [0, 0.1) is 0 Å². The van der Waals surface area contributed by atoms with Crippen LogP contribution in [0.5, 0.6) is 0 Å². The lowest BCUT2D eigenvalue weighted by Crippen LogP contribution is -2.50. The van der Waals surface area contributed by atoms with Gasteiger partial charge in [-0.3, -0.25) is 0 Å². The third kappa shape index (κ3) is 5.44. The Kier molecular flexibility index (Phi) is 5.61. The molecular weight excluding hydrogens is 348 g/mol. The smallest absolute Gasteiger partial charge is 0.407 e. The number of amides is 1. The maximum absolute atomic E-state index is 12.0. The van der Waals surface area contributed by atoms with Crippen LogP contribution in [0.4, 0.5) is 10.7 Å². The molecule has 2 atom stereocenters. The van der Waals surface area contributed by atoms with Crippen molar-refractivity contribution < 1.29 is 9.53 Å². The largest absolute Gasteiger partial charge is 0.444 e. The highest BCUT2D eigenvalue weighted by Gasteiger charge is 2.28. The van der Waals surface area contributed by atoms with Crippen LogP contribution in [0.15, 0.2) is 16.9 Å². The summed E-state index contributed by atoms with van der Waals surface area (Å²) in [7, 11) is 0. The summed E-state index contributed by atoms with van der Waals surface area (Å²) in [5.74, 6) is 0.575. The van der Waals surface area contributed by atoms with Gasteiger partial charge >= 0.3 is 6.09 Å². The van der Waals surface area contributed by atoms with E-state index in [1.54, 1.807) is 12.4 Å². The Balaban J connectivity index is 1.96. The Morgan fingerprint density at radius 3 is 2.41 bits per heavy atom. The van der Waals surface area contributed by atoms with Gasteiger partial charge < -0.3 is 15.4 Å². The van der Waals surface area contributed by atoms with Gasteiger partial charge in [0, 0.05) is 18.4 Å². The third-order valence-corrected chi connectivity index (χ3v) is 3.81. The van der Waals surface area contributed by atoms with Crippen molar-refractivity contribution in [2.45, 2.75) is 64.1 Å². The van der Waals surface area contributed by atoms with Crippen molar-refractivity contribution in [1.82, 2.24) is 15.3 Å². The van der Waals surface area contributed by atoms with Gasteiger partial charge in [0.25, 0.3) is 0 Å². The molecule has 1 aliphatic carbocycles. The number of rotatable bonds is 3. The fourth-order valence-corrected chi connectivity index (χ4v) is 2.69. The highest BCUT2D eigenvalue weighted by atomic mass is 79.9. The number of nitrogens with zero attached hydrogens (tertiary/aromatic N) is 2. The highest BCUT2D eigenvalue weighted by Crippen LogP contribution is 2.22. The molecule has 0 radical (unpaired) electrons. The molecular formula is C15H23BrN4O2. The number of hydrogen-bond donors (Lipinski definition) is 2. The van der Waals surface area contributed by atoms with E-state index in [1.807, 2.05) is 20.8 Å². The molecule has 0 aliphatic heterocycles. The molecule has 7 heteroatoms. The van der Waals surface area contributed by atoms with E-state index in [4.69, 9.17) is 4.74 Å². The number of carbonyl (C=O) groups excluding carboxylic acids is 1. The summed E-state index contributed by atoms with van der Waals surface area (Å²) in [4.78, 5) is 20.4. The topological polar surface area (TPSA) is 76.1 Å². The quantitative estimate of drug-likeness (QED) is 0.851. The van der Waals surface area contributed by atoms with Gasteiger partial charge in [-0.1, -0.05) is 12.8 Å². The van der Waals surface area contributed by atoms with E-state index in [0.717, 1.165) is 30.2 Å². The van der Waals surface area contributed by atoms with Crippen molar-refractivity contribution in [3.05, 3.63) is 16.9 Å². The molecule has 2 unspecified atom stereocenters. The van der Waals surface area contributed by atoms with Crippen LogP contribution in [-0.4, -0.2) is 33.7 Å². The fraction of sp³-hybridized carbons (Fsp3) is 0.667. The predicted molar refractivity (Wildman–Crippen MR) is 88.8 cm³/mol. The first-order chi connectivity index (χ1) is 10.3. The molecule has 1 aromatic rings. The second-order valence-corrected chi connectivity index (χ2v) is 7.43. The number of ether oxygens (including phenoxy) is 1. The average molecular weight is 371 g/mol. The van der Waals surface area contributed by atoms with Crippen molar-refractivity contribution >= 4 is 28.0 Å². The summed E-state index contributed by atoms with van der Waals surface area (Å²) in [5.41, 5.74) is -0.490. The van der Waals surface area contributed by atoms with Crippen molar-refractivity contribution in [3.63, 3.8) is 0 Å². The number of nitrogens with one attached hydrogen (secondary N) is 2. The van der Waals surface area contributed by atoms with Crippen molar-refractivity contribution in [2.24, 2.45) is 0 Å². The van der Waals surface area contributed by atoms with Gasteiger partial charge in [0.1, 0.15) is 5.60 Å². The van der Waals surface area contributed by atoms with Crippen LogP contribution >= 0.6 is 15.9 Å². The van der Waals surface area contributed by atoms with Gasteiger partial charge in [-0.2, -0.15) is 0 Å². The number of halogens is 1. The molecule has 1 saturated carbocycles. The summed E-state index contributed by atoms with van der Waals surface area (Å²) < 4.78 is 6.18. The van der Waals surface area contributed by atoms with Gasteiger partial charge in [-0.25, -0.2) is 14.8 Å². The Labute approximate surface area is 139 Å². The molecule has 1 amide bonds. The summed E-state index contributed by atoms with van der Waals surface area (Å²) in [5, 5.41) is 6.28. The lowest BCUT2D eigenvalue weighted by Gasteiger charge is -2.33. The van der Waals surface area contributed by atoms with Crippen LogP contribution < -0.4 is 10.6 Å². The fourth-order valence-electron chi connectivity index (χ4n) is 2.49. The molecule has 0 aromatic carbocycles. The summed E-state index contributed by atoms with van der Waals surface area (Å²) in [6, 6.07) is 0.137. The Bertz CT molecular complexity index is 501. The zero-order valence-electron chi connectivity index (χ0n) is 13.2. The summed E-state index contributed by atoms with van der Waals surface area (Å²) >= 11 is 3.32. The van der Waals surface area contributed by atoms with E-state index in [2.05, 4.69) is 36.5 Å². The minimum absolute atomic E-state index is 0.0239. The van der Waals surface area contributed by atoms with E-state index < -0.39 is 5.60 Å². The summed E-state index contributed by atoms with van der Waals surface area (Å²) in [6.45, 7) is 5.58. The van der Waals surface area contributed by atoms with Crippen LogP contribution in [-0.2, 0) is 4.74 Å². The molecule has 1 aromatic heterocycles. The lowest BCUT2D eigenvalue weighted by atomic mass is 9.90. The van der Waals surface area contributed by atoms with Crippen molar-refractivity contribution in [3.8, 4) is 0 Å². The third-order valence-electron chi connectivity index (χ3n) is 3.40. The van der Waals surface area contributed by atoms with Gasteiger partial charge in [0.05, 0.1) is 10.5 Å². The van der Waals surface area contributed by atoms with Gasteiger partial charge in [0.2, 0.25) is 5.95 Å². The normalized spacial score (nSPS) is 22.0. The predicted octanol–water partition coefficient (Wildman–Crippen LogP) is 3.49. The zero-order valence-corrected chi connectivity index (χ0v) is 14.8. The first kappa shape index (κ1) is 17.0. The SMILES string of the molecule is CC(C)(C)OC(=O)NC1CCCCC1Nc1ncc(Br)cn1. The molecule has 0 saturated heterocycles. The minimum Gasteiger partial charge on any atom is -0.444 e. The Morgan fingerprint density at radius 2 is 1.82 bits per heavy atom. The van der Waals surface area contributed by atoms with Gasteiger partial charge in [0.15, 0.2) is 0 Å². The maximum atomic E-state index is 12.0. The first-order valence-corrected chi connectivity index (χ1v) is 8.36. The Morgan fingerprint density at radius 1 is 1.23 bits per heavy atom. The first-order valence-electron chi connectivity index (χ1n) is 7.57. The Hall–Kier alpha value is -1.37. The molecule has 6 nitrogen and oxygen atoms in total. The second kappa shape index (κ2) is 7.26. The molecule has 0 bridgehead atoms. The van der Waals surface area contributed by atoms with E-state index in [-0.39, 0.29) is 18.2 Å². The molecule has 122 valence electrons. The standard InChI is InChI=1S/C15H23BrN4O2/c1-15(2,3)22-14(21)20-12-7-5-4-6-11(12)19-13-17-8-10(16)9-18-13/h8-9,11-12H,4-7H2,1-3H3,(H,20,21)(H,17,18,19). The van der Waals surface area contributed by atoms with Crippen LogP contribution in [0.2, 0.25) is 0 Å². The minimum atomic E-state index is -0.490. The molecule has 0 spiro atoms. The number of carbonyl (C=O) groups is 1. The second-order valence-electron chi connectivity index (χ2n) is 6.51. The van der Waals surface area contributed by atoms with Crippen LogP contribution in [0.3, 0.4) is 0 Å². The number of anilines is 1. The zero-order chi connectivity index (χ0) is 16.2. The summed E-state index contributed by atoms with van der Waals surface area (Å²) in [6.07, 6.45) is 7.15. The van der Waals surface area contributed by atoms with Crippen LogP contribution in [0.1, 0.15) is 46.5 Å². The maximum Gasteiger partial charge on any atom is 0.407 e. The number of aromatic nitrogens is 2. The number of alkyl carbamates (subject to hydrolysis) is 1. The van der Waals surface area contributed by atoms with Crippen molar-refractivity contribution in [1.29, 1.82) is 0 Å². The lowest BCUT2D eigenvalue weighted by molar-refractivity contribution is 0.0488. The molecule has 2 N–H and O–H groups in total. The highest BCUT2D eigenvalue weighted by molar-refractivity contribution is 9.10. The average Bonchev–Trinajstić information content (AvgIpc) is 2.41. The van der Waals surface area contributed by atoms with Gasteiger partial charge in [-0.15, -0.1) is 0 Å². The van der Waals surface area contributed by atoms with E-state index in [0.29, 0.717) is 5.95 Å². The molecule has 2 rings (SSSR count). The van der Waals surface area contributed by atoms with Crippen molar-refractivity contribution in [2.75, 3.05) is 5.32 Å². The van der Waals surface area contributed by atoms with E-state index in [1.165, 1.54) is 0 Å². The van der Waals surface area contributed by atoms with E-state index in [9.17, 15) is 4.79 Å². The molecule has 1 heterocycles. The number of hydrogen-bond acceptors (Lipinski definition) is 5. The molecule has 1 aliphatic rings. The van der Waals surface area contributed by atoms with Gasteiger partial charge in [-0.05, 0) is 49.5 Å².